The van der Waals surface area contributed by atoms with E-state index in [2.05, 4.69) is 244 Å². The minimum atomic E-state index is 0.0414. The van der Waals surface area contributed by atoms with Crippen LogP contribution >= 0.6 is 0 Å². The number of aryl methyl sites for hydroxylation is 2. The topological polar surface area (TPSA) is 0 Å². The van der Waals surface area contributed by atoms with Crippen molar-refractivity contribution >= 4 is 33.2 Å². The highest BCUT2D eigenvalue weighted by Crippen LogP contribution is 2.55. The molecule has 0 saturated heterocycles. The molecule has 0 bridgehead atoms. The SMILES string of the molecule is C/C=C\c1ccc(C2=CCC3C(=C2)C(C)(C)c2cc(C(C)CC)ccc23)c2ccc3cc(C(C)(C)C)ccc3c12.Cc1ccc(C(C)(C)C)cc1.Cc1ccc(C(C)(C)C)cc1. The van der Waals surface area contributed by atoms with E-state index in [0.29, 0.717) is 11.8 Å². The minimum Gasteiger partial charge on any atom is -0.0870 e. The summed E-state index contributed by atoms with van der Waals surface area (Å²) in [5.74, 6) is 1.09. The summed E-state index contributed by atoms with van der Waals surface area (Å²) in [6, 6.07) is 41.3. The molecule has 6 aromatic rings. The van der Waals surface area contributed by atoms with Crippen molar-refractivity contribution in [1.82, 2.24) is 0 Å². The zero-order chi connectivity index (χ0) is 45.4. The Kier molecular flexibility index (Phi) is 13.5. The molecular weight excluding hydrogens is 745 g/mol. The van der Waals surface area contributed by atoms with Crippen LogP contribution in [-0.2, 0) is 21.7 Å². The van der Waals surface area contributed by atoms with Gasteiger partial charge in [0.05, 0.1) is 0 Å². The first kappa shape index (κ1) is 46.6. The van der Waals surface area contributed by atoms with E-state index in [1.54, 1.807) is 5.57 Å². The first-order chi connectivity index (χ1) is 29.0. The van der Waals surface area contributed by atoms with Gasteiger partial charge in [0, 0.05) is 11.3 Å². The van der Waals surface area contributed by atoms with Crippen molar-refractivity contribution in [3.05, 3.63) is 189 Å². The van der Waals surface area contributed by atoms with Crippen molar-refractivity contribution in [2.24, 2.45) is 0 Å². The zero-order valence-electron chi connectivity index (χ0n) is 41.3. The number of rotatable bonds is 4. The average Bonchev–Trinajstić information content (AvgIpc) is 3.44. The second kappa shape index (κ2) is 18.0. The molecule has 2 unspecified atom stereocenters. The Labute approximate surface area is 377 Å². The predicted molar refractivity (Wildman–Crippen MR) is 276 cm³/mol. The fourth-order valence-electron chi connectivity index (χ4n) is 9.27. The monoisotopic (exact) mass is 821 g/mol. The van der Waals surface area contributed by atoms with Gasteiger partial charge in [-0.05, 0) is 127 Å². The van der Waals surface area contributed by atoms with Crippen LogP contribution in [0.1, 0.15) is 177 Å². The number of fused-ring (bicyclic) bond motifs is 6. The molecule has 0 amide bonds. The molecule has 0 spiro atoms. The van der Waals surface area contributed by atoms with Crippen LogP contribution in [0.5, 0.6) is 0 Å². The smallest absolute Gasteiger partial charge is 0.0118 e. The molecule has 0 heterocycles. The highest BCUT2D eigenvalue weighted by Gasteiger charge is 2.42. The predicted octanol–water partition coefficient (Wildman–Crippen LogP) is 18.2. The standard InChI is InChI=1S/C40H44.2C11H16/c1-9-11-26-12-17-31(35-20-15-28-22-30(39(4,5)6)16-21-32(28)38(26)35)29-14-19-34-33-18-13-27(25(3)10-2)23-36(33)40(7,8)37(34)24-29;2*1-9-5-7-10(8-6-9)11(2,3)4/h9,11-18,20-25,34H,10,19H2,1-8H3;2*5-8H,1-4H3/b11-9-;;. The molecule has 8 rings (SSSR count). The fraction of sp³-hybridized carbons (Fsp3) is 0.387. The molecule has 0 aliphatic heterocycles. The highest BCUT2D eigenvalue weighted by molar-refractivity contribution is 6.14. The van der Waals surface area contributed by atoms with E-state index in [9.17, 15) is 0 Å². The lowest BCUT2D eigenvalue weighted by Crippen LogP contribution is -2.18. The van der Waals surface area contributed by atoms with Gasteiger partial charge in [-0.2, -0.15) is 0 Å². The first-order valence-corrected chi connectivity index (χ1v) is 23.4. The summed E-state index contributed by atoms with van der Waals surface area (Å²) in [7, 11) is 0. The fourth-order valence-corrected chi connectivity index (χ4v) is 9.27. The normalized spacial score (nSPS) is 16.4. The van der Waals surface area contributed by atoms with Gasteiger partial charge in [0.25, 0.3) is 0 Å². The lowest BCUT2D eigenvalue weighted by molar-refractivity contribution is 0.590. The van der Waals surface area contributed by atoms with E-state index in [1.807, 2.05) is 0 Å². The Hall–Kier alpha value is -4.94. The third kappa shape index (κ3) is 9.97. The van der Waals surface area contributed by atoms with E-state index in [0.717, 1.165) is 6.42 Å². The molecule has 6 aromatic carbocycles. The summed E-state index contributed by atoms with van der Waals surface area (Å²) >= 11 is 0. The molecule has 0 N–H and O–H groups in total. The average molecular weight is 821 g/mol. The number of hydrogen-bond acceptors (Lipinski definition) is 0. The Morgan fingerprint density at radius 2 is 1.19 bits per heavy atom. The summed E-state index contributed by atoms with van der Waals surface area (Å²) in [4.78, 5) is 0. The van der Waals surface area contributed by atoms with Gasteiger partial charge in [-0.25, -0.2) is 0 Å². The number of hydrogen-bond donors (Lipinski definition) is 0. The second-order valence-corrected chi connectivity index (χ2v) is 21.9. The molecule has 2 aliphatic rings. The van der Waals surface area contributed by atoms with E-state index >= 15 is 0 Å². The summed E-state index contributed by atoms with van der Waals surface area (Å²) in [6.07, 6.45) is 11.7. The lowest BCUT2D eigenvalue weighted by atomic mass is 9.76. The molecule has 0 aromatic heterocycles. The Morgan fingerprint density at radius 1 is 0.645 bits per heavy atom. The van der Waals surface area contributed by atoms with Crippen molar-refractivity contribution in [1.29, 1.82) is 0 Å². The lowest BCUT2D eigenvalue weighted by Gasteiger charge is -2.28. The maximum Gasteiger partial charge on any atom is 0.0118 e. The Bertz CT molecular complexity index is 2560. The van der Waals surface area contributed by atoms with Gasteiger partial charge < -0.3 is 0 Å². The maximum atomic E-state index is 2.54. The number of allylic oxidation sites excluding steroid dienone is 5. The third-order valence-corrected chi connectivity index (χ3v) is 13.7. The van der Waals surface area contributed by atoms with Gasteiger partial charge in [0.2, 0.25) is 0 Å². The minimum absolute atomic E-state index is 0.0414. The quantitative estimate of drug-likeness (QED) is 0.155. The molecule has 0 heteroatoms. The van der Waals surface area contributed by atoms with Crippen molar-refractivity contribution < 1.29 is 0 Å². The van der Waals surface area contributed by atoms with Crippen LogP contribution in [0.4, 0.5) is 0 Å². The molecule has 2 atom stereocenters. The van der Waals surface area contributed by atoms with Crippen LogP contribution < -0.4 is 0 Å². The van der Waals surface area contributed by atoms with E-state index < -0.39 is 0 Å². The molecule has 324 valence electrons. The van der Waals surface area contributed by atoms with Crippen LogP contribution in [0.15, 0.2) is 133 Å². The van der Waals surface area contributed by atoms with Crippen LogP contribution in [0.2, 0.25) is 0 Å². The van der Waals surface area contributed by atoms with Crippen LogP contribution in [0.3, 0.4) is 0 Å². The number of benzene rings is 6. The van der Waals surface area contributed by atoms with E-state index in [1.165, 1.54) is 89.2 Å². The van der Waals surface area contributed by atoms with Gasteiger partial charge in [-0.1, -0.05) is 240 Å². The molecule has 0 radical (unpaired) electrons. The van der Waals surface area contributed by atoms with Gasteiger partial charge in [-0.15, -0.1) is 0 Å². The Balaban J connectivity index is 0.000000237. The van der Waals surface area contributed by atoms with Crippen molar-refractivity contribution in [3.8, 4) is 0 Å². The van der Waals surface area contributed by atoms with Crippen LogP contribution in [-0.4, -0.2) is 0 Å². The van der Waals surface area contributed by atoms with Gasteiger partial charge >= 0.3 is 0 Å². The summed E-state index contributed by atoms with van der Waals surface area (Å²) in [5, 5.41) is 5.37. The summed E-state index contributed by atoms with van der Waals surface area (Å²) in [6.45, 7) is 36.2. The highest BCUT2D eigenvalue weighted by atomic mass is 14.5. The van der Waals surface area contributed by atoms with Crippen LogP contribution in [0.25, 0.3) is 33.2 Å². The van der Waals surface area contributed by atoms with E-state index in [4.69, 9.17) is 0 Å². The van der Waals surface area contributed by atoms with Crippen molar-refractivity contribution in [2.45, 2.75) is 157 Å². The van der Waals surface area contributed by atoms with E-state index in [-0.39, 0.29) is 21.7 Å². The van der Waals surface area contributed by atoms with Crippen molar-refractivity contribution in [2.75, 3.05) is 0 Å². The zero-order valence-corrected chi connectivity index (χ0v) is 41.3. The second-order valence-electron chi connectivity index (χ2n) is 21.9. The molecular formula is C62H76. The largest absolute Gasteiger partial charge is 0.0870 e. The summed E-state index contributed by atoms with van der Waals surface area (Å²) in [5.41, 5.74) is 17.7. The molecule has 0 saturated carbocycles. The van der Waals surface area contributed by atoms with Crippen LogP contribution in [0, 0.1) is 13.8 Å². The molecule has 0 nitrogen and oxygen atoms in total. The maximum absolute atomic E-state index is 2.54. The first-order valence-electron chi connectivity index (χ1n) is 23.4. The van der Waals surface area contributed by atoms with Gasteiger partial charge in [0.1, 0.15) is 0 Å². The Morgan fingerprint density at radius 3 is 1.73 bits per heavy atom. The molecule has 2 aliphatic carbocycles. The molecule has 0 fully saturated rings. The van der Waals surface area contributed by atoms with Gasteiger partial charge in [-0.3, -0.25) is 0 Å². The van der Waals surface area contributed by atoms with Crippen molar-refractivity contribution in [3.63, 3.8) is 0 Å². The summed E-state index contributed by atoms with van der Waals surface area (Å²) < 4.78 is 0. The third-order valence-electron chi connectivity index (χ3n) is 13.7. The molecule has 62 heavy (non-hydrogen) atoms. The van der Waals surface area contributed by atoms with Gasteiger partial charge in [0.15, 0.2) is 0 Å².